The van der Waals surface area contributed by atoms with Gasteiger partial charge in [-0.3, -0.25) is 15.1 Å². The quantitative estimate of drug-likeness (QED) is 0.582. The molecule has 0 radical (unpaired) electrons. The molecule has 0 unspecified atom stereocenters. The van der Waals surface area contributed by atoms with Crippen LogP contribution in [0.3, 0.4) is 0 Å². The molecule has 0 bridgehead atoms. The van der Waals surface area contributed by atoms with Gasteiger partial charge in [0.25, 0.3) is 0 Å². The van der Waals surface area contributed by atoms with Crippen molar-refractivity contribution in [2.45, 2.75) is 38.2 Å². The Morgan fingerprint density at radius 3 is 2.81 bits per heavy atom. The largest absolute Gasteiger partial charge is 0.483 e. The molecule has 0 N–H and O–H groups in total. The van der Waals surface area contributed by atoms with E-state index in [4.69, 9.17) is 4.74 Å². The van der Waals surface area contributed by atoms with Crippen molar-refractivity contribution in [2.75, 3.05) is 0 Å². The highest BCUT2D eigenvalue weighted by atomic mass is 16.6. The van der Waals surface area contributed by atoms with E-state index in [2.05, 4.69) is 4.98 Å². The summed E-state index contributed by atoms with van der Waals surface area (Å²) in [5.41, 5.74) is -0.0481. The second kappa shape index (κ2) is 4.92. The lowest BCUT2D eigenvalue weighted by Crippen LogP contribution is -2.20. The lowest BCUT2D eigenvalue weighted by molar-refractivity contribution is -0.386. The minimum atomic E-state index is -0.453. The van der Waals surface area contributed by atoms with Gasteiger partial charge in [-0.05, 0) is 25.7 Å². The van der Waals surface area contributed by atoms with Crippen molar-refractivity contribution < 1.29 is 9.66 Å². The van der Waals surface area contributed by atoms with Gasteiger partial charge in [-0.2, -0.15) is 0 Å². The molecule has 2 rings (SSSR count). The van der Waals surface area contributed by atoms with Gasteiger partial charge in [0.1, 0.15) is 6.20 Å². The molecule has 0 atom stereocenters. The van der Waals surface area contributed by atoms with E-state index < -0.39 is 4.92 Å². The van der Waals surface area contributed by atoms with Crippen molar-refractivity contribution in [3.8, 4) is 5.75 Å². The summed E-state index contributed by atoms with van der Waals surface area (Å²) in [6.07, 6.45) is 8.36. The third-order valence-corrected chi connectivity index (χ3v) is 2.80. The van der Waals surface area contributed by atoms with Crippen LogP contribution >= 0.6 is 0 Å². The van der Waals surface area contributed by atoms with Gasteiger partial charge in [-0.15, -0.1) is 0 Å². The van der Waals surface area contributed by atoms with E-state index in [-0.39, 0.29) is 11.8 Å². The summed E-state index contributed by atoms with van der Waals surface area (Å²) in [4.78, 5) is 14.0. The summed E-state index contributed by atoms with van der Waals surface area (Å²) in [6.45, 7) is 0. The van der Waals surface area contributed by atoms with Crippen LogP contribution in [0.4, 0.5) is 5.69 Å². The van der Waals surface area contributed by atoms with Crippen molar-refractivity contribution in [1.29, 1.82) is 0 Å². The van der Waals surface area contributed by atoms with Crippen LogP contribution in [-0.2, 0) is 0 Å². The van der Waals surface area contributed by atoms with E-state index in [1.807, 2.05) is 0 Å². The summed E-state index contributed by atoms with van der Waals surface area (Å²) < 4.78 is 5.67. The molecule has 1 aromatic rings. The van der Waals surface area contributed by atoms with Crippen molar-refractivity contribution >= 4 is 5.69 Å². The Morgan fingerprint density at radius 1 is 1.38 bits per heavy atom. The number of nitro groups is 1. The number of hydrogen-bond donors (Lipinski definition) is 0. The summed E-state index contributed by atoms with van der Waals surface area (Å²) in [5.74, 6) is 0.340. The Morgan fingerprint density at radius 2 is 2.12 bits per heavy atom. The first kappa shape index (κ1) is 10.9. The van der Waals surface area contributed by atoms with Crippen LogP contribution in [0.2, 0.25) is 0 Å². The summed E-state index contributed by atoms with van der Waals surface area (Å²) in [7, 11) is 0. The minimum absolute atomic E-state index is 0.0481. The first-order valence-electron chi connectivity index (χ1n) is 5.52. The standard InChI is InChI=1S/C11H14N2O3/c14-13(15)10-8-12-7-6-11(10)16-9-4-2-1-3-5-9/h6-9H,1-5H2. The van der Waals surface area contributed by atoms with Gasteiger partial charge in [0.15, 0.2) is 0 Å². The van der Waals surface area contributed by atoms with E-state index in [9.17, 15) is 10.1 Å². The van der Waals surface area contributed by atoms with E-state index in [1.54, 1.807) is 6.07 Å². The Labute approximate surface area is 93.6 Å². The minimum Gasteiger partial charge on any atom is -0.483 e. The predicted octanol–water partition coefficient (Wildman–Crippen LogP) is 2.70. The number of nitrogens with zero attached hydrogens (tertiary/aromatic N) is 2. The van der Waals surface area contributed by atoms with Gasteiger partial charge < -0.3 is 4.74 Å². The molecule has 0 aromatic carbocycles. The Kier molecular flexibility index (Phi) is 3.34. The Hall–Kier alpha value is -1.65. The zero-order chi connectivity index (χ0) is 11.4. The van der Waals surface area contributed by atoms with Crippen LogP contribution in [0.1, 0.15) is 32.1 Å². The topological polar surface area (TPSA) is 65.3 Å². The second-order valence-electron chi connectivity index (χ2n) is 3.98. The van der Waals surface area contributed by atoms with Crippen molar-refractivity contribution in [2.24, 2.45) is 0 Å². The highest BCUT2D eigenvalue weighted by Gasteiger charge is 2.20. The predicted molar refractivity (Wildman–Crippen MR) is 58.4 cm³/mol. The average molecular weight is 222 g/mol. The highest BCUT2D eigenvalue weighted by molar-refractivity contribution is 5.43. The molecule has 1 fully saturated rings. The Bertz CT molecular complexity index is 375. The molecule has 0 saturated heterocycles. The first-order chi connectivity index (χ1) is 7.77. The summed E-state index contributed by atoms with van der Waals surface area (Å²) in [5, 5.41) is 10.7. The van der Waals surface area contributed by atoms with E-state index >= 15 is 0 Å². The molecule has 0 amide bonds. The molecule has 1 aliphatic carbocycles. The maximum atomic E-state index is 10.7. The third kappa shape index (κ3) is 2.48. The zero-order valence-electron chi connectivity index (χ0n) is 8.96. The fraction of sp³-hybridized carbons (Fsp3) is 0.545. The molecule has 5 nitrogen and oxygen atoms in total. The van der Waals surface area contributed by atoms with Crippen LogP contribution in [0.25, 0.3) is 0 Å². The molecular weight excluding hydrogens is 208 g/mol. The monoisotopic (exact) mass is 222 g/mol. The lowest BCUT2D eigenvalue weighted by Gasteiger charge is -2.22. The van der Waals surface area contributed by atoms with Crippen LogP contribution in [0.15, 0.2) is 18.5 Å². The van der Waals surface area contributed by atoms with Crippen LogP contribution < -0.4 is 4.74 Å². The maximum absolute atomic E-state index is 10.7. The first-order valence-corrected chi connectivity index (χ1v) is 5.52. The molecule has 16 heavy (non-hydrogen) atoms. The van der Waals surface area contributed by atoms with Gasteiger partial charge >= 0.3 is 5.69 Å². The lowest BCUT2D eigenvalue weighted by atomic mass is 9.98. The normalized spacial score (nSPS) is 17.0. The van der Waals surface area contributed by atoms with Gasteiger partial charge in [0.05, 0.1) is 11.0 Å². The SMILES string of the molecule is O=[N+]([O-])c1cnccc1OC1CCCCC1. The van der Waals surface area contributed by atoms with Gasteiger partial charge in [-0.1, -0.05) is 6.42 Å². The van der Waals surface area contributed by atoms with E-state index in [0.29, 0.717) is 5.75 Å². The zero-order valence-corrected chi connectivity index (χ0v) is 8.96. The summed E-state index contributed by atoms with van der Waals surface area (Å²) in [6, 6.07) is 1.56. The molecule has 1 saturated carbocycles. The van der Waals surface area contributed by atoms with Crippen LogP contribution in [-0.4, -0.2) is 16.0 Å². The maximum Gasteiger partial charge on any atom is 0.329 e. The highest BCUT2D eigenvalue weighted by Crippen LogP contribution is 2.29. The smallest absolute Gasteiger partial charge is 0.329 e. The number of pyridine rings is 1. The number of hydrogen-bond acceptors (Lipinski definition) is 4. The van der Waals surface area contributed by atoms with Gasteiger partial charge in [-0.25, -0.2) is 0 Å². The Balaban J connectivity index is 2.10. The fourth-order valence-corrected chi connectivity index (χ4v) is 1.97. The number of aromatic nitrogens is 1. The molecule has 0 spiro atoms. The molecule has 5 heteroatoms. The molecule has 1 aliphatic rings. The van der Waals surface area contributed by atoms with Crippen LogP contribution in [0, 0.1) is 10.1 Å². The second-order valence-corrected chi connectivity index (χ2v) is 3.98. The molecule has 1 aromatic heterocycles. The van der Waals surface area contributed by atoms with Crippen molar-refractivity contribution in [3.05, 3.63) is 28.6 Å². The van der Waals surface area contributed by atoms with E-state index in [0.717, 1.165) is 25.7 Å². The molecule has 86 valence electrons. The number of ether oxygens (including phenoxy) is 1. The summed E-state index contributed by atoms with van der Waals surface area (Å²) >= 11 is 0. The molecular formula is C11H14N2O3. The van der Waals surface area contributed by atoms with Gasteiger partial charge in [0.2, 0.25) is 5.75 Å². The van der Waals surface area contributed by atoms with Crippen molar-refractivity contribution in [3.63, 3.8) is 0 Å². The number of rotatable bonds is 3. The van der Waals surface area contributed by atoms with Crippen molar-refractivity contribution in [1.82, 2.24) is 4.98 Å². The third-order valence-electron chi connectivity index (χ3n) is 2.80. The van der Waals surface area contributed by atoms with Crippen LogP contribution in [0.5, 0.6) is 5.75 Å². The molecule has 0 aliphatic heterocycles. The van der Waals surface area contributed by atoms with E-state index in [1.165, 1.54) is 18.8 Å². The van der Waals surface area contributed by atoms with Gasteiger partial charge in [0, 0.05) is 12.3 Å². The molecule has 1 heterocycles. The fourth-order valence-electron chi connectivity index (χ4n) is 1.97. The average Bonchev–Trinajstić information content (AvgIpc) is 2.31.